The fourth-order valence-electron chi connectivity index (χ4n) is 2.89. The topological polar surface area (TPSA) is 9.23 Å². The third-order valence-corrected chi connectivity index (χ3v) is 4.86. The third-order valence-electron chi connectivity index (χ3n) is 3.91. The molecule has 0 radical (unpaired) electrons. The molecule has 0 N–H and O–H groups in total. The molecule has 1 aliphatic rings. The second kappa shape index (κ2) is 7.54. The summed E-state index contributed by atoms with van der Waals surface area (Å²) in [7, 11) is 0. The van der Waals surface area contributed by atoms with Crippen LogP contribution in [0.3, 0.4) is 0 Å². The van der Waals surface area contributed by atoms with Crippen molar-refractivity contribution < 1.29 is 4.74 Å². The first-order valence-corrected chi connectivity index (χ1v) is 8.50. The molecular weight excluding hydrogens is 324 g/mol. The Bertz CT molecular complexity index is 402. The van der Waals surface area contributed by atoms with Gasteiger partial charge in [-0.2, -0.15) is 0 Å². The summed E-state index contributed by atoms with van der Waals surface area (Å²) in [5.74, 6) is 1.82. The molecule has 1 fully saturated rings. The van der Waals surface area contributed by atoms with E-state index in [2.05, 4.69) is 22.0 Å². The minimum atomic E-state index is 0.0552. The van der Waals surface area contributed by atoms with Gasteiger partial charge in [0.1, 0.15) is 5.75 Å². The summed E-state index contributed by atoms with van der Waals surface area (Å²) in [6.07, 6.45) is 7.87. The van der Waals surface area contributed by atoms with Crippen LogP contribution in [0.15, 0.2) is 22.7 Å². The summed E-state index contributed by atoms with van der Waals surface area (Å²) in [6.45, 7) is 2.69. The first-order valence-electron chi connectivity index (χ1n) is 7.27. The van der Waals surface area contributed by atoms with Crippen LogP contribution in [0, 0.1) is 5.92 Å². The summed E-state index contributed by atoms with van der Waals surface area (Å²) < 4.78 is 6.75. The molecule has 106 valence electrons. The number of hydrogen-bond donors (Lipinski definition) is 0. The molecular formula is C16H22BrClO. The lowest BCUT2D eigenvalue weighted by molar-refractivity contribution is 0.335. The first-order chi connectivity index (χ1) is 9.20. The number of alkyl halides is 1. The Kier molecular flexibility index (Phi) is 6.03. The van der Waals surface area contributed by atoms with Gasteiger partial charge in [0.15, 0.2) is 0 Å². The van der Waals surface area contributed by atoms with E-state index < -0.39 is 0 Å². The fraction of sp³-hybridized carbons (Fsp3) is 0.625. The van der Waals surface area contributed by atoms with Crippen molar-refractivity contribution >= 4 is 27.5 Å². The molecule has 2 rings (SSSR count). The molecule has 0 bridgehead atoms. The Morgan fingerprint density at radius 3 is 2.79 bits per heavy atom. The van der Waals surface area contributed by atoms with Crippen LogP contribution in [0.1, 0.15) is 56.4 Å². The number of hydrogen-bond acceptors (Lipinski definition) is 1. The predicted octanol–water partition coefficient (Wildman–Crippen LogP) is 6.10. The van der Waals surface area contributed by atoms with Gasteiger partial charge in [-0.25, -0.2) is 0 Å². The summed E-state index contributed by atoms with van der Waals surface area (Å²) in [4.78, 5) is 0. The largest absolute Gasteiger partial charge is 0.494 e. The molecule has 1 unspecified atom stereocenters. The molecule has 0 aliphatic heterocycles. The zero-order valence-electron chi connectivity index (χ0n) is 11.5. The standard InChI is InChI=1S/C16H22BrClO/c1-2-19-16-10-8-13(17)11-14(16)15(18)9-7-12-5-3-4-6-12/h8,10-12,15H,2-7,9H2,1H3. The van der Waals surface area contributed by atoms with Gasteiger partial charge in [0.25, 0.3) is 0 Å². The average molecular weight is 346 g/mol. The second-order valence-electron chi connectivity index (χ2n) is 5.31. The highest BCUT2D eigenvalue weighted by Gasteiger charge is 2.19. The van der Waals surface area contributed by atoms with Gasteiger partial charge in [-0.1, -0.05) is 41.6 Å². The van der Waals surface area contributed by atoms with Crippen LogP contribution in [0.5, 0.6) is 5.75 Å². The van der Waals surface area contributed by atoms with E-state index in [4.69, 9.17) is 16.3 Å². The van der Waals surface area contributed by atoms with Gasteiger partial charge in [0.2, 0.25) is 0 Å². The predicted molar refractivity (Wildman–Crippen MR) is 85.1 cm³/mol. The molecule has 1 aromatic rings. The van der Waals surface area contributed by atoms with Crippen molar-refractivity contribution in [2.75, 3.05) is 6.61 Å². The van der Waals surface area contributed by atoms with Gasteiger partial charge >= 0.3 is 0 Å². The summed E-state index contributed by atoms with van der Waals surface area (Å²) in [6, 6.07) is 6.11. The lowest BCUT2D eigenvalue weighted by Gasteiger charge is -2.17. The van der Waals surface area contributed by atoms with Gasteiger partial charge in [-0.3, -0.25) is 0 Å². The quantitative estimate of drug-likeness (QED) is 0.566. The zero-order chi connectivity index (χ0) is 13.7. The first kappa shape index (κ1) is 15.2. The maximum absolute atomic E-state index is 6.60. The van der Waals surface area contributed by atoms with Crippen molar-refractivity contribution in [3.63, 3.8) is 0 Å². The Balaban J connectivity index is 1.99. The van der Waals surface area contributed by atoms with Crippen LogP contribution in [-0.4, -0.2) is 6.61 Å². The molecule has 0 saturated heterocycles. The molecule has 0 aromatic heterocycles. The van der Waals surface area contributed by atoms with Crippen molar-refractivity contribution in [3.05, 3.63) is 28.2 Å². The van der Waals surface area contributed by atoms with Crippen molar-refractivity contribution in [1.82, 2.24) is 0 Å². The van der Waals surface area contributed by atoms with Crippen molar-refractivity contribution in [3.8, 4) is 5.75 Å². The maximum atomic E-state index is 6.60. The van der Waals surface area contributed by atoms with Crippen LogP contribution in [0.4, 0.5) is 0 Å². The van der Waals surface area contributed by atoms with Gasteiger partial charge in [0.05, 0.1) is 12.0 Å². The van der Waals surface area contributed by atoms with E-state index in [9.17, 15) is 0 Å². The van der Waals surface area contributed by atoms with Crippen molar-refractivity contribution in [1.29, 1.82) is 0 Å². The van der Waals surface area contributed by atoms with E-state index in [1.165, 1.54) is 32.1 Å². The molecule has 19 heavy (non-hydrogen) atoms. The third kappa shape index (κ3) is 4.39. The normalized spacial score (nSPS) is 17.6. The summed E-state index contributed by atoms with van der Waals surface area (Å²) in [5, 5.41) is 0.0552. The van der Waals surface area contributed by atoms with Gasteiger partial charge in [0, 0.05) is 10.0 Å². The highest BCUT2D eigenvalue weighted by molar-refractivity contribution is 9.10. The maximum Gasteiger partial charge on any atom is 0.124 e. The summed E-state index contributed by atoms with van der Waals surface area (Å²) >= 11 is 10.1. The average Bonchev–Trinajstić information content (AvgIpc) is 2.91. The molecule has 0 spiro atoms. The molecule has 1 aromatic carbocycles. The van der Waals surface area contributed by atoms with E-state index in [0.717, 1.165) is 28.1 Å². The van der Waals surface area contributed by atoms with Crippen LogP contribution in [0.25, 0.3) is 0 Å². The van der Waals surface area contributed by atoms with E-state index >= 15 is 0 Å². The van der Waals surface area contributed by atoms with E-state index in [1.54, 1.807) is 0 Å². The SMILES string of the molecule is CCOc1ccc(Br)cc1C(Cl)CCC1CCCC1. The number of halogens is 2. The monoisotopic (exact) mass is 344 g/mol. The highest BCUT2D eigenvalue weighted by Crippen LogP contribution is 2.38. The highest BCUT2D eigenvalue weighted by atomic mass is 79.9. The molecule has 1 aliphatic carbocycles. The number of ether oxygens (including phenoxy) is 1. The molecule has 3 heteroatoms. The minimum Gasteiger partial charge on any atom is -0.494 e. The molecule has 0 amide bonds. The second-order valence-corrected chi connectivity index (χ2v) is 6.75. The van der Waals surface area contributed by atoms with E-state index in [-0.39, 0.29) is 5.38 Å². The zero-order valence-corrected chi connectivity index (χ0v) is 13.8. The number of rotatable bonds is 6. The molecule has 0 heterocycles. The lowest BCUT2D eigenvalue weighted by atomic mass is 9.97. The Labute approximate surface area is 129 Å². The van der Waals surface area contributed by atoms with Gasteiger partial charge in [-0.15, -0.1) is 11.6 Å². The molecule has 1 saturated carbocycles. The van der Waals surface area contributed by atoms with Crippen LogP contribution in [-0.2, 0) is 0 Å². The van der Waals surface area contributed by atoms with Crippen LogP contribution < -0.4 is 4.74 Å². The molecule has 1 nitrogen and oxygen atoms in total. The van der Waals surface area contributed by atoms with E-state index in [1.807, 2.05) is 19.1 Å². The van der Waals surface area contributed by atoms with Crippen molar-refractivity contribution in [2.45, 2.75) is 50.8 Å². The lowest BCUT2D eigenvalue weighted by Crippen LogP contribution is -2.01. The van der Waals surface area contributed by atoms with Crippen LogP contribution >= 0.6 is 27.5 Å². The number of benzene rings is 1. The minimum absolute atomic E-state index is 0.0552. The molecule has 1 atom stereocenters. The van der Waals surface area contributed by atoms with Gasteiger partial charge < -0.3 is 4.74 Å². The van der Waals surface area contributed by atoms with Gasteiger partial charge in [-0.05, 0) is 43.9 Å². The summed E-state index contributed by atoms with van der Waals surface area (Å²) in [5.41, 5.74) is 1.12. The fourth-order valence-corrected chi connectivity index (χ4v) is 3.56. The Morgan fingerprint density at radius 2 is 2.11 bits per heavy atom. The van der Waals surface area contributed by atoms with E-state index in [0.29, 0.717) is 6.61 Å². The van der Waals surface area contributed by atoms with Crippen molar-refractivity contribution in [2.24, 2.45) is 5.92 Å². The Hall–Kier alpha value is -0.210. The Morgan fingerprint density at radius 1 is 1.37 bits per heavy atom. The van der Waals surface area contributed by atoms with Crippen LogP contribution in [0.2, 0.25) is 0 Å². The smallest absolute Gasteiger partial charge is 0.124 e.